The van der Waals surface area contributed by atoms with Crippen molar-refractivity contribution in [1.29, 1.82) is 0 Å². The van der Waals surface area contributed by atoms with E-state index in [1.54, 1.807) is 6.07 Å². The maximum Gasteiger partial charge on any atom is 0.273 e. The Labute approximate surface area is 149 Å². The highest BCUT2D eigenvalue weighted by Gasteiger charge is 2.17. The lowest BCUT2D eigenvalue weighted by Gasteiger charge is -2.10. The first-order valence-corrected chi connectivity index (χ1v) is 8.23. The smallest absolute Gasteiger partial charge is 0.273 e. The summed E-state index contributed by atoms with van der Waals surface area (Å²) >= 11 is 1.26. The van der Waals surface area contributed by atoms with Gasteiger partial charge < -0.3 is 15.0 Å². The third kappa shape index (κ3) is 4.60. The molecule has 0 atom stereocenters. The number of nitrogens with zero attached hydrogens (tertiary/aromatic N) is 4. The van der Waals surface area contributed by atoms with Crippen LogP contribution in [-0.4, -0.2) is 41.1 Å². The molecule has 1 aromatic carbocycles. The maximum absolute atomic E-state index is 12.0. The van der Waals surface area contributed by atoms with Gasteiger partial charge in [0.15, 0.2) is 5.71 Å². The molecule has 0 radical (unpaired) electrons. The van der Waals surface area contributed by atoms with Crippen molar-refractivity contribution in [2.24, 2.45) is 10.3 Å². The fourth-order valence-electron chi connectivity index (χ4n) is 2.10. The van der Waals surface area contributed by atoms with Crippen LogP contribution in [0.3, 0.4) is 0 Å². The van der Waals surface area contributed by atoms with E-state index >= 15 is 0 Å². The van der Waals surface area contributed by atoms with Crippen molar-refractivity contribution in [2.45, 2.75) is 20.5 Å². The molecule has 0 aliphatic carbocycles. The molecule has 0 bridgehead atoms. The van der Waals surface area contributed by atoms with Crippen molar-refractivity contribution in [3.8, 4) is 0 Å². The first-order valence-electron chi connectivity index (χ1n) is 7.45. The Kier molecular flexibility index (Phi) is 6.58. The fraction of sp³-hybridized carbons (Fsp3) is 0.312. The van der Waals surface area contributed by atoms with Crippen LogP contribution in [0.4, 0.5) is 0 Å². The van der Waals surface area contributed by atoms with E-state index in [1.807, 2.05) is 32.0 Å². The molecule has 0 saturated carbocycles. The molecule has 0 spiro atoms. The molecule has 1 heterocycles. The minimum absolute atomic E-state index is 0.174. The van der Waals surface area contributed by atoms with Gasteiger partial charge in [0.25, 0.3) is 5.91 Å². The number of hydrogen-bond acceptors (Lipinski definition) is 8. The zero-order valence-electron chi connectivity index (χ0n) is 14.4. The van der Waals surface area contributed by atoms with Gasteiger partial charge in [0.1, 0.15) is 13.7 Å². The number of carbonyl (C=O) groups excluding carboxylic acids is 1. The van der Waals surface area contributed by atoms with Crippen molar-refractivity contribution >= 4 is 28.9 Å². The summed E-state index contributed by atoms with van der Waals surface area (Å²) in [4.78, 5) is 23.1. The monoisotopic (exact) mass is 361 g/mol. The first-order chi connectivity index (χ1) is 12.1. The van der Waals surface area contributed by atoms with Gasteiger partial charge in [-0.05, 0) is 25.4 Å². The second-order valence-electron chi connectivity index (χ2n) is 5.00. The van der Waals surface area contributed by atoms with E-state index < -0.39 is 0 Å². The normalized spacial score (nSPS) is 12.0. The van der Waals surface area contributed by atoms with Crippen molar-refractivity contribution in [1.82, 2.24) is 14.9 Å². The van der Waals surface area contributed by atoms with Crippen molar-refractivity contribution < 1.29 is 14.5 Å². The first kappa shape index (κ1) is 18.5. The van der Waals surface area contributed by atoms with Gasteiger partial charge in [0.05, 0.1) is 16.3 Å². The molecule has 1 aromatic heterocycles. The van der Waals surface area contributed by atoms with Gasteiger partial charge in [0.2, 0.25) is 0 Å². The second-order valence-corrected chi connectivity index (χ2v) is 5.75. The van der Waals surface area contributed by atoms with Gasteiger partial charge in [-0.1, -0.05) is 39.1 Å². The van der Waals surface area contributed by atoms with Gasteiger partial charge in [-0.3, -0.25) is 4.79 Å². The van der Waals surface area contributed by atoms with E-state index in [2.05, 4.69) is 25.2 Å². The fourth-order valence-corrected chi connectivity index (χ4v) is 2.69. The highest BCUT2D eigenvalue weighted by Crippen LogP contribution is 2.14. The lowest BCUT2D eigenvalue weighted by molar-refractivity contribution is -0.114. The zero-order valence-corrected chi connectivity index (χ0v) is 15.3. The topological polar surface area (TPSA) is 98.1 Å². The van der Waals surface area contributed by atoms with E-state index in [0.29, 0.717) is 11.3 Å². The molecule has 8 nitrogen and oxygen atoms in total. The van der Waals surface area contributed by atoms with E-state index in [0.717, 1.165) is 16.1 Å². The predicted octanol–water partition coefficient (Wildman–Crippen LogP) is 1.88. The van der Waals surface area contributed by atoms with E-state index in [1.165, 1.54) is 25.7 Å². The van der Waals surface area contributed by atoms with Crippen LogP contribution in [0.15, 0.2) is 34.6 Å². The van der Waals surface area contributed by atoms with Crippen LogP contribution in [0.1, 0.15) is 28.6 Å². The highest BCUT2D eigenvalue weighted by atomic mass is 32.1. The summed E-state index contributed by atoms with van der Waals surface area (Å²) in [6, 6.07) is 7.28. The van der Waals surface area contributed by atoms with Gasteiger partial charge in [0, 0.05) is 18.2 Å². The summed E-state index contributed by atoms with van der Waals surface area (Å²) in [5, 5.41) is 14.4. The second kappa shape index (κ2) is 8.88. The number of carbonyl (C=O) groups is 1. The summed E-state index contributed by atoms with van der Waals surface area (Å²) in [6.45, 7) is 3.87. The summed E-state index contributed by atoms with van der Waals surface area (Å²) in [5.74, 6) is -0.347. The number of aryl methyl sites for hydroxylation is 1. The maximum atomic E-state index is 12.0. The SMILES string of the molecule is CNC(=O)/C(=N\OC)c1ccccc1CO/N=C(/C)c1snnc1C. The Bertz CT molecular complexity index is 801. The molecule has 0 fully saturated rings. The molecular formula is C16H19N5O3S. The lowest BCUT2D eigenvalue weighted by atomic mass is 10.0. The molecule has 132 valence electrons. The van der Waals surface area contributed by atoms with Crippen LogP contribution >= 0.6 is 11.5 Å². The molecular weight excluding hydrogens is 342 g/mol. The summed E-state index contributed by atoms with van der Waals surface area (Å²) in [6.07, 6.45) is 0. The van der Waals surface area contributed by atoms with Crippen LogP contribution in [0, 0.1) is 6.92 Å². The average molecular weight is 361 g/mol. The summed E-state index contributed by atoms with van der Waals surface area (Å²) < 4.78 is 3.88. The minimum Gasteiger partial charge on any atom is -0.398 e. The summed E-state index contributed by atoms with van der Waals surface area (Å²) in [7, 11) is 2.92. The molecule has 2 rings (SSSR count). The predicted molar refractivity (Wildman–Crippen MR) is 95.7 cm³/mol. The molecule has 0 aliphatic heterocycles. The van der Waals surface area contributed by atoms with Crippen molar-refractivity contribution in [2.75, 3.05) is 14.2 Å². The number of amides is 1. The van der Waals surface area contributed by atoms with Gasteiger partial charge in [-0.25, -0.2) is 0 Å². The lowest BCUT2D eigenvalue weighted by Crippen LogP contribution is -2.29. The average Bonchev–Trinajstić information content (AvgIpc) is 3.05. The van der Waals surface area contributed by atoms with Gasteiger partial charge in [-0.2, -0.15) is 0 Å². The number of hydrogen-bond donors (Lipinski definition) is 1. The van der Waals surface area contributed by atoms with E-state index in [9.17, 15) is 4.79 Å². The Morgan fingerprint density at radius 3 is 2.72 bits per heavy atom. The minimum atomic E-state index is -0.347. The number of oxime groups is 2. The molecule has 0 aliphatic rings. The molecule has 9 heteroatoms. The molecule has 2 aromatic rings. The van der Waals surface area contributed by atoms with Crippen LogP contribution < -0.4 is 5.32 Å². The van der Waals surface area contributed by atoms with Crippen molar-refractivity contribution in [3.05, 3.63) is 46.0 Å². The quantitative estimate of drug-likeness (QED) is 0.600. The molecule has 0 saturated heterocycles. The van der Waals surface area contributed by atoms with Crippen LogP contribution in [0.25, 0.3) is 0 Å². The Balaban J connectivity index is 2.19. The standard InChI is InChI=1S/C16H19N5O3S/c1-10-15(25-21-18-10)11(2)19-24-9-12-7-5-6-8-13(12)14(20-23-4)16(22)17-3/h5-8H,9H2,1-4H3,(H,17,22)/b19-11-,20-14-. The Morgan fingerprint density at radius 1 is 1.32 bits per heavy atom. The van der Waals surface area contributed by atoms with Gasteiger partial charge >= 0.3 is 0 Å². The highest BCUT2D eigenvalue weighted by molar-refractivity contribution is 7.08. The van der Waals surface area contributed by atoms with E-state index in [4.69, 9.17) is 9.68 Å². The number of nitrogens with one attached hydrogen (secondary N) is 1. The van der Waals surface area contributed by atoms with Crippen LogP contribution in [0.2, 0.25) is 0 Å². The third-order valence-electron chi connectivity index (χ3n) is 3.30. The summed E-state index contributed by atoms with van der Waals surface area (Å²) in [5.41, 5.74) is 3.06. The zero-order chi connectivity index (χ0) is 18.2. The van der Waals surface area contributed by atoms with Crippen LogP contribution in [0.5, 0.6) is 0 Å². The van der Waals surface area contributed by atoms with Crippen molar-refractivity contribution in [3.63, 3.8) is 0 Å². The number of likely N-dealkylation sites (N-methyl/N-ethyl adjacent to an activating group) is 1. The van der Waals surface area contributed by atoms with Crippen LogP contribution in [-0.2, 0) is 21.1 Å². The molecule has 1 amide bonds. The number of rotatable bonds is 7. The molecule has 0 unspecified atom stereocenters. The molecule has 1 N–H and O–H groups in total. The number of aromatic nitrogens is 2. The largest absolute Gasteiger partial charge is 0.398 e. The number of benzene rings is 1. The van der Waals surface area contributed by atoms with E-state index in [-0.39, 0.29) is 18.2 Å². The molecule has 25 heavy (non-hydrogen) atoms. The third-order valence-corrected chi connectivity index (χ3v) is 4.24. The Morgan fingerprint density at radius 2 is 2.08 bits per heavy atom. The van der Waals surface area contributed by atoms with Gasteiger partial charge in [-0.15, -0.1) is 5.10 Å². The Hall–Kier alpha value is -2.81.